The zero-order valence-corrected chi connectivity index (χ0v) is 16.9. The number of thiophene rings is 1. The largest absolute Gasteiger partial charge is 0.381 e. The summed E-state index contributed by atoms with van der Waals surface area (Å²) in [7, 11) is 1.81. The Morgan fingerprint density at radius 2 is 2.00 bits per heavy atom. The Labute approximate surface area is 167 Å². The monoisotopic (exact) mass is 393 g/mol. The molecule has 7 heteroatoms. The first-order valence-corrected chi connectivity index (χ1v) is 10.5. The molecule has 5 rings (SSSR count). The van der Waals surface area contributed by atoms with E-state index >= 15 is 0 Å². The molecule has 6 nitrogen and oxygen atoms in total. The molecule has 4 heterocycles. The molecule has 0 saturated heterocycles. The van der Waals surface area contributed by atoms with E-state index in [2.05, 4.69) is 28.3 Å². The Balaban J connectivity index is 1.45. The molecule has 1 aliphatic carbocycles. The first-order valence-electron chi connectivity index (χ1n) is 9.70. The van der Waals surface area contributed by atoms with Gasteiger partial charge in [0.15, 0.2) is 5.65 Å². The predicted molar refractivity (Wildman–Crippen MR) is 113 cm³/mol. The third-order valence-corrected chi connectivity index (χ3v) is 6.88. The summed E-state index contributed by atoms with van der Waals surface area (Å²) in [5.41, 5.74) is 3.07. The maximum absolute atomic E-state index is 5.48. The number of ether oxygens (including phenoxy) is 1. The Morgan fingerprint density at radius 3 is 2.79 bits per heavy atom. The van der Waals surface area contributed by atoms with Crippen LogP contribution in [-0.2, 0) is 4.74 Å². The van der Waals surface area contributed by atoms with Crippen LogP contribution in [0.5, 0.6) is 0 Å². The van der Waals surface area contributed by atoms with Gasteiger partial charge in [0.25, 0.3) is 0 Å². The normalized spacial score (nSPS) is 20.1. The van der Waals surface area contributed by atoms with Crippen molar-refractivity contribution < 1.29 is 4.74 Å². The maximum Gasteiger partial charge on any atom is 0.154 e. The predicted octanol–water partition coefficient (Wildman–Crippen LogP) is 4.68. The number of rotatable bonds is 4. The third-order valence-electron chi connectivity index (χ3n) is 5.58. The van der Waals surface area contributed by atoms with E-state index in [0.29, 0.717) is 12.1 Å². The lowest BCUT2D eigenvalue weighted by Crippen LogP contribution is -2.29. The number of aryl methyl sites for hydroxylation is 1. The van der Waals surface area contributed by atoms with E-state index in [4.69, 9.17) is 9.84 Å². The van der Waals surface area contributed by atoms with Crippen LogP contribution >= 0.6 is 11.3 Å². The number of nitrogens with zero attached hydrogens (tertiary/aromatic N) is 4. The van der Waals surface area contributed by atoms with Gasteiger partial charge in [-0.1, -0.05) is 0 Å². The van der Waals surface area contributed by atoms with Crippen molar-refractivity contribution in [2.75, 3.05) is 12.4 Å². The van der Waals surface area contributed by atoms with Gasteiger partial charge in [0, 0.05) is 35.6 Å². The summed E-state index contributed by atoms with van der Waals surface area (Å²) in [6, 6.07) is 6.67. The summed E-state index contributed by atoms with van der Waals surface area (Å²) < 4.78 is 8.68. The molecule has 4 aromatic rings. The molecular formula is C21H23N5OS. The molecular weight excluding hydrogens is 370 g/mol. The zero-order valence-electron chi connectivity index (χ0n) is 16.1. The number of fused-ring (bicyclic) bond motifs is 2. The molecule has 28 heavy (non-hydrogen) atoms. The van der Waals surface area contributed by atoms with Gasteiger partial charge in [0.05, 0.1) is 17.2 Å². The fraction of sp³-hybridized carbons (Fsp3) is 0.381. The van der Waals surface area contributed by atoms with Gasteiger partial charge >= 0.3 is 0 Å². The second-order valence-corrected chi connectivity index (χ2v) is 8.52. The van der Waals surface area contributed by atoms with E-state index in [1.54, 1.807) is 18.4 Å². The number of nitrogens with one attached hydrogen (secondary N) is 1. The highest BCUT2D eigenvalue weighted by Gasteiger charge is 2.21. The molecule has 1 fully saturated rings. The van der Waals surface area contributed by atoms with E-state index in [1.807, 2.05) is 35.2 Å². The summed E-state index contributed by atoms with van der Waals surface area (Å²) in [5, 5.41) is 9.61. The first-order chi connectivity index (χ1) is 13.7. The van der Waals surface area contributed by atoms with Crippen LogP contribution in [0, 0.1) is 6.92 Å². The highest BCUT2D eigenvalue weighted by molar-refractivity contribution is 7.22. The Morgan fingerprint density at radius 1 is 1.14 bits per heavy atom. The van der Waals surface area contributed by atoms with Crippen LogP contribution in [0.3, 0.4) is 0 Å². The van der Waals surface area contributed by atoms with Gasteiger partial charge in [-0.2, -0.15) is 0 Å². The van der Waals surface area contributed by atoms with E-state index in [9.17, 15) is 0 Å². The Kier molecular flexibility index (Phi) is 4.49. The van der Waals surface area contributed by atoms with E-state index in [0.717, 1.165) is 47.7 Å². The van der Waals surface area contributed by atoms with Crippen molar-refractivity contribution in [1.29, 1.82) is 0 Å². The second-order valence-electron chi connectivity index (χ2n) is 7.47. The third kappa shape index (κ3) is 3.14. The molecule has 1 aliphatic rings. The Hall–Kier alpha value is -2.51. The molecule has 1 N–H and O–H groups in total. The van der Waals surface area contributed by atoms with E-state index in [-0.39, 0.29) is 0 Å². The van der Waals surface area contributed by atoms with Crippen molar-refractivity contribution in [3.05, 3.63) is 42.4 Å². The molecule has 0 amide bonds. The van der Waals surface area contributed by atoms with E-state index < -0.39 is 0 Å². The number of aromatic nitrogens is 4. The highest BCUT2D eigenvalue weighted by atomic mass is 32.1. The smallest absolute Gasteiger partial charge is 0.154 e. The van der Waals surface area contributed by atoms with Crippen LogP contribution < -0.4 is 5.32 Å². The van der Waals surface area contributed by atoms with Crippen LogP contribution in [0.2, 0.25) is 0 Å². The standard InChI is InChI=1S/C21H23N5OS/c1-13-10-22-11-14-9-18(28-21(13)14)17-12-23-20-8-7-19(25-26(17)20)24-15-3-5-16(27-2)6-4-15/h7-12,15-16H,3-6H2,1-2H3,(H,24,25)/t15-,16-. The first kappa shape index (κ1) is 17.6. The van der Waals surface area contributed by atoms with Gasteiger partial charge in [-0.15, -0.1) is 16.4 Å². The second kappa shape index (κ2) is 7.14. The molecule has 1 saturated carbocycles. The van der Waals surface area contributed by atoms with Gasteiger partial charge in [-0.25, -0.2) is 9.50 Å². The summed E-state index contributed by atoms with van der Waals surface area (Å²) in [5.74, 6) is 0.895. The van der Waals surface area contributed by atoms with Gasteiger partial charge in [0.2, 0.25) is 0 Å². The summed E-state index contributed by atoms with van der Waals surface area (Å²) in [6.07, 6.45) is 10.6. The zero-order chi connectivity index (χ0) is 19.1. The van der Waals surface area contributed by atoms with Crippen LogP contribution in [0.1, 0.15) is 31.2 Å². The molecule has 0 aliphatic heterocycles. The average molecular weight is 394 g/mol. The number of hydrogen-bond acceptors (Lipinski definition) is 6. The molecule has 0 radical (unpaired) electrons. The van der Waals surface area contributed by atoms with Crippen molar-refractivity contribution in [1.82, 2.24) is 19.6 Å². The lowest BCUT2D eigenvalue weighted by atomic mass is 9.93. The summed E-state index contributed by atoms with van der Waals surface area (Å²) >= 11 is 1.77. The quantitative estimate of drug-likeness (QED) is 0.545. The molecule has 0 unspecified atom stereocenters. The minimum Gasteiger partial charge on any atom is -0.381 e. The van der Waals surface area contributed by atoms with Crippen molar-refractivity contribution in [3.63, 3.8) is 0 Å². The highest BCUT2D eigenvalue weighted by Crippen LogP contribution is 2.35. The van der Waals surface area contributed by atoms with Crippen molar-refractivity contribution >= 4 is 32.9 Å². The molecule has 0 atom stereocenters. The molecule has 0 aromatic carbocycles. The topological polar surface area (TPSA) is 64.3 Å². The molecule has 0 spiro atoms. The molecule has 0 bridgehead atoms. The number of anilines is 1. The number of pyridine rings is 1. The van der Waals surface area contributed by atoms with E-state index in [1.165, 1.54) is 15.6 Å². The van der Waals surface area contributed by atoms with Gasteiger partial charge < -0.3 is 10.1 Å². The molecule has 4 aromatic heterocycles. The SMILES string of the molecule is CO[C@H]1CC[C@H](Nc2ccc3ncc(-c4cc5cncc(C)c5s4)n3n2)CC1. The maximum atomic E-state index is 5.48. The Bertz CT molecular complexity index is 1130. The number of imidazole rings is 1. The average Bonchev–Trinajstić information content (AvgIpc) is 3.33. The van der Waals surface area contributed by atoms with Gasteiger partial charge in [-0.05, 0) is 56.4 Å². The fourth-order valence-electron chi connectivity index (χ4n) is 3.99. The molecule has 144 valence electrons. The van der Waals surface area contributed by atoms with Gasteiger partial charge in [0.1, 0.15) is 11.5 Å². The lowest BCUT2D eigenvalue weighted by molar-refractivity contribution is 0.0681. The van der Waals surface area contributed by atoms with Crippen LogP contribution in [0.15, 0.2) is 36.8 Å². The van der Waals surface area contributed by atoms with Crippen molar-refractivity contribution in [3.8, 4) is 10.6 Å². The van der Waals surface area contributed by atoms with Crippen molar-refractivity contribution in [2.24, 2.45) is 0 Å². The van der Waals surface area contributed by atoms with Crippen molar-refractivity contribution in [2.45, 2.75) is 44.8 Å². The number of methoxy groups -OCH3 is 1. The van der Waals surface area contributed by atoms with Crippen LogP contribution in [0.4, 0.5) is 5.82 Å². The fourth-order valence-corrected chi connectivity index (χ4v) is 5.09. The summed E-state index contributed by atoms with van der Waals surface area (Å²) in [6.45, 7) is 2.10. The van der Waals surface area contributed by atoms with Crippen LogP contribution in [-0.4, -0.2) is 38.8 Å². The minimum atomic E-state index is 0.402. The lowest BCUT2D eigenvalue weighted by Gasteiger charge is -2.28. The van der Waals surface area contributed by atoms with Gasteiger partial charge in [-0.3, -0.25) is 4.98 Å². The van der Waals surface area contributed by atoms with Crippen LogP contribution in [0.25, 0.3) is 26.3 Å². The number of hydrogen-bond donors (Lipinski definition) is 1. The minimum absolute atomic E-state index is 0.402. The summed E-state index contributed by atoms with van der Waals surface area (Å²) in [4.78, 5) is 10.0.